The molecule has 0 spiro atoms. The van der Waals surface area contributed by atoms with Crippen LogP contribution in [0.2, 0.25) is 0 Å². The van der Waals surface area contributed by atoms with Gasteiger partial charge in [0.25, 0.3) is 0 Å². The second-order valence-electron chi connectivity index (χ2n) is 7.13. The number of aromatic nitrogens is 1. The Morgan fingerprint density at radius 3 is 2.74 bits per heavy atom. The van der Waals surface area contributed by atoms with Gasteiger partial charge in [0.05, 0.1) is 13.2 Å². The number of carbonyl (C=O) groups is 1. The van der Waals surface area contributed by atoms with E-state index in [0.717, 1.165) is 19.4 Å². The molecule has 27 heavy (non-hydrogen) atoms. The van der Waals surface area contributed by atoms with Crippen molar-refractivity contribution < 1.29 is 22.7 Å². The van der Waals surface area contributed by atoms with E-state index in [4.69, 9.17) is 4.74 Å². The number of hydrogen-bond acceptors (Lipinski definition) is 5. The smallest absolute Gasteiger partial charge is 0.248 e. The van der Waals surface area contributed by atoms with Gasteiger partial charge < -0.3 is 20.7 Å². The Morgan fingerprint density at radius 1 is 1.37 bits per heavy atom. The van der Waals surface area contributed by atoms with Crippen molar-refractivity contribution in [3.8, 4) is 5.88 Å². The number of rotatable bonds is 6. The minimum atomic E-state index is -2.64. The number of nitrogens with zero attached hydrogens (tertiary/aromatic N) is 1. The van der Waals surface area contributed by atoms with Gasteiger partial charge in [-0.1, -0.05) is 0 Å². The molecule has 1 saturated carbocycles. The van der Waals surface area contributed by atoms with Crippen LogP contribution in [0.25, 0.3) is 0 Å². The third-order valence-electron chi connectivity index (χ3n) is 5.10. The van der Waals surface area contributed by atoms with Gasteiger partial charge in [-0.2, -0.15) is 4.98 Å². The maximum atomic E-state index is 14.4. The van der Waals surface area contributed by atoms with Crippen LogP contribution in [0.5, 0.6) is 5.88 Å². The Kier molecular flexibility index (Phi) is 6.08. The second-order valence-corrected chi connectivity index (χ2v) is 7.13. The Bertz CT molecular complexity index is 671. The highest BCUT2D eigenvalue weighted by molar-refractivity contribution is 5.82. The van der Waals surface area contributed by atoms with Crippen LogP contribution in [0.1, 0.15) is 44.1 Å². The van der Waals surface area contributed by atoms with Crippen molar-refractivity contribution in [2.24, 2.45) is 0 Å². The van der Waals surface area contributed by atoms with Gasteiger partial charge in [0.15, 0.2) is 11.6 Å². The molecule has 1 aromatic heterocycles. The quantitative estimate of drug-likeness (QED) is 0.701. The molecule has 1 aliphatic heterocycles. The molecule has 1 aromatic rings. The molecule has 3 rings (SSSR count). The van der Waals surface area contributed by atoms with Crippen LogP contribution in [-0.4, -0.2) is 42.6 Å². The van der Waals surface area contributed by atoms with Gasteiger partial charge in [-0.05, 0) is 38.3 Å². The lowest BCUT2D eigenvalue weighted by Crippen LogP contribution is -2.40. The molecule has 2 heterocycles. The van der Waals surface area contributed by atoms with Crippen molar-refractivity contribution in [2.45, 2.75) is 63.1 Å². The molecular formula is C18H25F3N4O2. The summed E-state index contributed by atoms with van der Waals surface area (Å²) < 4.78 is 46.2. The van der Waals surface area contributed by atoms with Crippen molar-refractivity contribution >= 4 is 11.7 Å². The average Bonchev–Trinajstić information content (AvgIpc) is 3.18. The van der Waals surface area contributed by atoms with Crippen molar-refractivity contribution in [1.29, 1.82) is 0 Å². The number of nitrogens with one attached hydrogen (secondary N) is 3. The second kappa shape index (κ2) is 8.33. The summed E-state index contributed by atoms with van der Waals surface area (Å²) in [6.07, 6.45) is 1.79. The monoisotopic (exact) mass is 386 g/mol. The third kappa shape index (κ3) is 5.03. The van der Waals surface area contributed by atoms with E-state index >= 15 is 0 Å². The van der Waals surface area contributed by atoms with Crippen LogP contribution < -0.4 is 20.7 Å². The van der Waals surface area contributed by atoms with E-state index in [2.05, 4.69) is 20.9 Å². The van der Waals surface area contributed by atoms with Gasteiger partial charge in [-0.15, -0.1) is 0 Å². The summed E-state index contributed by atoms with van der Waals surface area (Å²) in [5.41, 5.74) is 0.419. The van der Waals surface area contributed by atoms with Gasteiger partial charge in [-0.3, -0.25) is 4.79 Å². The SMILES string of the molecule is COc1nc(NC2CCC(F)(F)CC2)c(F)cc1CNC(=O)C1CCCN1. The molecule has 1 aliphatic carbocycles. The zero-order valence-corrected chi connectivity index (χ0v) is 15.3. The number of alkyl halides is 2. The van der Waals surface area contributed by atoms with E-state index in [1.807, 2.05) is 0 Å². The number of pyridine rings is 1. The molecule has 2 fully saturated rings. The maximum Gasteiger partial charge on any atom is 0.248 e. The van der Waals surface area contributed by atoms with E-state index < -0.39 is 11.7 Å². The number of amides is 1. The Labute approximate surface area is 156 Å². The molecular weight excluding hydrogens is 361 g/mol. The molecule has 0 bridgehead atoms. The van der Waals surface area contributed by atoms with Gasteiger partial charge in [0.2, 0.25) is 17.7 Å². The van der Waals surface area contributed by atoms with E-state index in [1.54, 1.807) is 0 Å². The van der Waals surface area contributed by atoms with Crippen LogP contribution in [0, 0.1) is 5.82 Å². The average molecular weight is 386 g/mol. The van der Waals surface area contributed by atoms with Gasteiger partial charge in [-0.25, -0.2) is 13.2 Å². The molecule has 9 heteroatoms. The molecule has 1 saturated heterocycles. The van der Waals surface area contributed by atoms with Crippen LogP contribution >= 0.6 is 0 Å². The molecule has 6 nitrogen and oxygen atoms in total. The highest BCUT2D eigenvalue weighted by atomic mass is 19.3. The standard InChI is InChI=1S/C18H25F3N4O2/c1-27-17-11(10-23-16(26)14-3-2-8-22-14)9-13(19)15(25-17)24-12-4-6-18(20,21)7-5-12/h9,12,14,22H,2-8,10H2,1H3,(H,23,26)(H,24,25). The topological polar surface area (TPSA) is 75.3 Å². The molecule has 150 valence electrons. The van der Waals surface area contributed by atoms with E-state index in [0.29, 0.717) is 5.56 Å². The first-order chi connectivity index (χ1) is 12.9. The minimum Gasteiger partial charge on any atom is -0.481 e. The fourth-order valence-electron chi connectivity index (χ4n) is 3.51. The molecule has 1 amide bonds. The molecule has 0 aromatic carbocycles. The van der Waals surface area contributed by atoms with Gasteiger partial charge >= 0.3 is 0 Å². The lowest BCUT2D eigenvalue weighted by Gasteiger charge is -2.29. The van der Waals surface area contributed by atoms with Crippen molar-refractivity contribution in [1.82, 2.24) is 15.6 Å². The number of ether oxygens (including phenoxy) is 1. The summed E-state index contributed by atoms with van der Waals surface area (Å²) in [5, 5.41) is 8.76. The predicted molar refractivity (Wildman–Crippen MR) is 94.4 cm³/mol. The van der Waals surface area contributed by atoms with Crippen molar-refractivity contribution in [3.05, 3.63) is 17.4 Å². The zero-order valence-electron chi connectivity index (χ0n) is 15.3. The Hall–Kier alpha value is -2.03. The van der Waals surface area contributed by atoms with Crippen LogP contribution in [0.4, 0.5) is 19.0 Å². The van der Waals surface area contributed by atoms with E-state index in [9.17, 15) is 18.0 Å². The lowest BCUT2D eigenvalue weighted by atomic mass is 9.92. The summed E-state index contributed by atoms with van der Waals surface area (Å²) in [7, 11) is 1.41. The summed E-state index contributed by atoms with van der Waals surface area (Å²) in [6.45, 7) is 0.908. The largest absolute Gasteiger partial charge is 0.481 e. The maximum absolute atomic E-state index is 14.4. The van der Waals surface area contributed by atoms with Crippen LogP contribution in [-0.2, 0) is 11.3 Å². The predicted octanol–water partition coefficient (Wildman–Crippen LogP) is 2.59. The van der Waals surface area contributed by atoms with Crippen molar-refractivity contribution in [2.75, 3.05) is 19.0 Å². The normalized spacial score (nSPS) is 22.4. The number of halogens is 3. The molecule has 3 N–H and O–H groups in total. The molecule has 1 atom stereocenters. The molecule has 1 unspecified atom stereocenters. The number of anilines is 1. The van der Waals surface area contributed by atoms with Gasteiger partial charge in [0, 0.05) is 31.0 Å². The zero-order chi connectivity index (χ0) is 19.4. The number of carbonyl (C=O) groups excluding carboxylic acids is 1. The third-order valence-corrected chi connectivity index (χ3v) is 5.10. The highest BCUT2D eigenvalue weighted by Gasteiger charge is 2.35. The van der Waals surface area contributed by atoms with Crippen LogP contribution in [0.15, 0.2) is 6.07 Å². The van der Waals surface area contributed by atoms with Gasteiger partial charge in [0.1, 0.15) is 0 Å². The molecule has 0 radical (unpaired) electrons. The van der Waals surface area contributed by atoms with E-state index in [1.165, 1.54) is 13.2 Å². The minimum absolute atomic E-state index is 0.0189. The summed E-state index contributed by atoms with van der Waals surface area (Å²) >= 11 is 0. The summed E-state index contributed by atoms with van der Waals surface area (Å²) in [4.78, 5) is 16.2. The summed E-state index contributed by atoms with van der Waals surface area (Å²) in [6, 6.07) is 0.781. The number of hydrogen-bond donors (Lipinski definition) is 3. The van der Waals surface area contributed by atoms with Crippen LogP contribution in [0.3, 0.4) is 0 Å². The first-order valence-corrected chi connectivity index (χ1v) is 9.27. The Morgan fingerprint density at radius 2 is 2.11 bits per heavy atom. The summed E-state index contributed by atoms with van der Waals surface area (Å²) in [5.74, 6) is -3.20. The highest BCUT2D eigenvalue weighted by Crippen LogP contribution is 2.34. The number of methoxy groups -OCH3 is 1. The Balaban J connectivity index is 1.63. The first-order valence-electron chi connectivity index (χ1n) is 9.27. The molecule has 2 aliphatic rings. The lowest BCUT2D eigenvalue weighted by molar-refractivity contribution is -0.122. The fraction of sp³-hybridized carbons (Fsp3) is 0.667. The van der Waals surface area contributed by atoms with E-state index in [-0.39, 0.29) is 61.9 Å². The fourth-order valence-corrected chi connectivity index (χ4v) is 3.51. The first kappa shape index (κ1) is 19.7. The van der Waals surface area contributed by atoms with Crippen molar-refractivity contribution in [3.63, 3.8) is 0 Å².